The summed E-state index contributed by atoms with van der Waals surface area (Å²) < 4.78 is 18.9. The molecule has 2 N–H and O–H groups in total. The first-order valence-corrected chi connectivity index (χ1v) is 8.27. The van der Waals surface area contributed by atoms with Crippen molar-refractivity contribution >= 4 is 22.6 Å². The number of ether oxygens (including phenoxy) is 1. The highest BCUT2D eigenvalue weighted by molar-refractivity contribution is 5.92. The van der Waals surface area contributed by atoms with Gasteiger partial charge in [-0.2, -0.15) is 5.10 Å². The number of H-pyrrole nitrogens is 1. The largest absolute Gasteiger partial charge is 0.481 e. The summed E-state index contributed by atoms with van der Waals surface area (Å²) in [4.78, 5) is 16.4. The Morgan fingerprint density at radius 1 is 1.11 bits per heavy atom. The Morgan fingerprint density at radius 2 is 1.96 bits per heavy atom. The van der Waals surface area contributed by atoms with E-state index in [0.717, 1.165) is 5.39 Å². The molecule has 0 radical (unpaired) electrons. The second-order valence-electron chi connectivity index (χ2n) is 5.85. The third-order valence-electron chi connectivity index (χ3n) is 3.94. The van der Waals surface area contributed by atoms with Crippen LogP contribution in [0.2, 0.25) is 0 Å². The minimum absolute atomic E-state index is 0.183. The van der Waals surface area contributed by atoms with E-state index in [2.05, 4.69) is 20.5 Å². The van der Waals surface area contributed by atoms with Gasteiger partial charge in [-0.3, -0.25) is 14.9 Å². The fourth-order valence-corrected chi connectivity index (χ4v) is 2.70. The first kappa shape index (κ1) is 16.7. The normalized spacial score (nSPS) is 10.7. The van der Waals surface area contributed by atoms with Crippen LogP contribution in [0.3, 0.4) is 0 Å². The first-order chi connectivity index (χ1) is 13.2. The van der Waals surface area contributed by atoms with Crippen molar-refractivity contribution < 1.29 is 13.9 Å². The SMILES string of the molecule is O=C(COc1cccc2cccnc12)Nc1cc(-c2cccc(F)c2)[nH]n1. The number of hydrogen-bond donors (Lipinski definition) is 2. The van der Waals surface area contributed by atoms with Crippen molar-refractivity contribution in [2.24, 2.45) is 0 Å². The van der Waals surface area contributed by atoms with E-state index in [-0.39, 0.29) is 18.3 Å². The number of anilines is 1. The van der Waals surface area contributed by atoms with E-state index in [1.54, 1.807) is 30.5 Å². The lowest BCUT2D eigenvalue weighted by molar-refractivity contribution is -0.118. The van der Waals surface area contributed by atoms with Crippen LogP contribution in [0.15, 0.2) is 66.9 Å². The summed E-state index contributed by atoms with van der Waals surface area (Å²) >= 11 is 0. The quantitative estimate of drug-likeness (QED) is 0.566. The molecule has 4 rings (SSSR count). The number of hydrogen-bond acceptors (Lipinski definition) is 4. The van der Waals surface area contributed by atoms with E-state index in [1.165, 1.54) is 12.1 Å². The molecule has 0 aliphatic carbocycles. The minimum atomic E-state index is -0.361. The van der Waals surface area contributed by atoms with E-state index < -0.39 is 0 Å². The lowest BCUT2D eigenvalue weighted by Gasteiger charge is -2.08. The number of amides is 1. The zero-order valence-electron chi connectivity index (χ0n) is 14.1. The maximum Gasteiger partial charge on any atom is 0.263 e. The molecule has 0 aliphatic rings. The van der Waals surface area contributed by atoms with Crippen molar-refractivity contribution in [3.8, 4) is 17.0 Å². The van der Waals surface area contributed by atoms with Crippen LogP contribution in [0.5, 0.6) is 5.75 Å². The molecule has 2 aromatic carbocycles. The fourth-order valence-electron chi connectivity index (χ4n) is 2.70. The molecule has 0 aliphatic heterocycles. The second kappa shape index (κ2) is 7.25. The van der Waals surface area contributed by atoms with Crippen LogP contribution in [-0.4, -0.2) is 27.7 Å². The summed E-state index contributed by atoms with van der Waals surface area (Å²) in [6.45, 7) is -0.183. The topological polar surface area (TPSA) is 79.9 Å². The van der Waals surface area contributed by atoms with Crippen LogP contribution in [0, 0.1) is 5.82 Å². The maximum absolute atomic E-state index is 13.3. The van der Waals surface area contributed by atoms with Gasteiger partial charge in [0.25, 0.3) is 5.91 Å². The van der Waals surface area contributed by atoms with Gasteiger partial charge in [-0.1, -0.05) is 30.3 Å². The van der Waals surface area contributed by atoms with Gasteiger partial charge >= 0.3 is 0 Å². The molecule has 0 spiro atoms. The Bertz CT molecular complexity index is 1100. The monoisotopic (exact) mass is 362 g/mol. The lowest BCUT2D eigenvalue weighted by atomic mass is 10.1. The molecule has 1 amide bonds. The van der Waals surface area contributed by atoms with Crippen molar-refractivity contribution in [3.05, 3.63) is 72.7 Å². The van der Waals surface area contributed by atoms with Crippen LogP contribution >= 0.6 is 0 Å². The van der Waals surface area contributed by atoms with E-state index in [1.807, 2.05) is 24.3 Å². The average Bonchev–Trinajstić information content (AvgIpc) is 3.15. The van der Waals surface area contributed by atoms with E-state index >= 15 is 0 Å². The zero-order valence-corrected chi connectivity index (χ0v) is 14.1. The number of aromatic nitrogens is 3. The number of aromatic amines is 1. The number of halogens is 1. The fraction of sp³-hybridized carbons (Fsp3) is 0.0500. The summed E-state index contributed by atoms with van der Waals surface area (Å²) in [7, 11) is 0. The van der Waals surface area contributed by atoms with Crippen molar-refractivity contribution in [1.82, 2.24) is 15.2 Å². The Morgan fingerprint density at radius 3 is 2.85 bits per heavy atom. The van der Waals surface area contributed by atoms with Gasteiger partial charge in [0, 0.05) is 23.2 Å². The molecule has 7 heteroatoms. The number of benzene rings is 2. The number of carbonyl (C=O) groups excluding carboxylic acids is 1. The molecular formula is C20H15FN4O2. The van der Waals surface area contributed by atoms with Gasteiger partial charge in [0.15, 0.2) is 12.4 Å². The maximum atomic E-state index is 13.3. The van der Waals surface area contributed by atoms with Gasteiger partial charge in [0.1, 0.15) is 17.1 Å². The highest BCUT2D eigenvalue weighted by Crippen LogP contribution is 2.23. The molecule has 6 nitrogen and oxygen atoms in total. The minimum Gasteiger partial charge on any atom is -0.481 e. The van der Waals surface area contributed by atoms with Crippen molar-refractivity contribution in [2.75, 3.05) is 11.9 Å². The molecule has 0 fully saturated rings. The van der Waals surface area contributed by atoms with Crippen LogP contribution in [-0.2, 0) is 4.79 Å². The molecular weight excluding hydrogens is 347 g/mol. The molecule has 0 unspecified atom stereocenters. The Kier molecular flexibility index (Phi) is 4.49. The van der Waals surface area contributed by atoms with E-state index in [4.69, 9.17) is 4.74 Å². The summed E-state index contributed by atoms with van der Waals surface area (Å²) in [5, 5.41) is 10.4. The molecule has 27 heavy (non-hydrogen) atoms. The van der Waals surface area contributed by atoms with E-state index in [0.29, 0.717) is 28.3 Å². The van der Waals surface area contributed by atoms with Crippen molar-refractivity contribution in [1.29, 1.82) is 0 Å². The van der Waals surface area contributed by atoms with Crippen LogP contribution in [0.25, 0.3) is 22.2 Å². The number of rotatable bonds is 5. The van der Waals surface area contributed by atoms with Crippen LogP contribution < -0.4 is 10.1 Å². The van der Waals surface area contributed by atoms with Gasteiger partial charge in [0.05, 0.1) is 5.69 Å². The van der Waals surface area contributed by atoms with Crippen LogP contribution in [0.1, 0.15) is 0 Å². The molecule has 0 saturated carbocycles. The molecule has 134 valence electrons. The molecule has 0 atom stereocenters. The van der Waals surface area contributed by atoms with Crippen LogP contribution in [0.4, 0.5) is 10.2 Å². The second-order valence-corrected chi connectivity index (χ2v) is 5.85. The zero-order chi connectivity index (χ0) is 18.6. The predicted molar refractivity (Wildman–Crippen MR) is 99.8 cm³/mol. The Balaban J connectivity index is 1.41. The van der Waals surface area contributed by atoms with Gasteiger partial charge in [-0.25, -0.2) is 4.39 Å². The van der Waals surface area contributed by atoms with Crippen molar-refractivity contribution in [3.63, 3.8) is 0 Å². The Hall–Kier alpha value is -3.74. The number of nitrogens with one attached hydrogen (secondary N) is 2. The number of pyridine rings is 1. The van der Waals surface area contributed by atoms with Gasteiger partial charge < -0.3 is 10.1 Å². The number of fused-ring (bicyclic) bond motifs is 1. The third-order valence-corrected chi connectivity index (χ3v) is 3.94. The Labute approximate surface area is 154 Å². The average molecular weight is 362 g/mol. The smallest absolute Gasteiger partial charge is 0.263 e. The summed E-state index contributed by atoms with van der Waals surface area (Å²) in [5.41, 5.74) is 1.94. The van der Waals surface area contributed by atoms with E-state index in [9.17, 15) is 9.18 Å². The third kappa shape index (κ3) is 3.77. The number of nitrogens with zero attached hydrogens (tertiary/aromatic N) is 2. The molecule has 2 aromatic heterocycles. The standard InChI is InChI=1S/C20H15FN4O2/c21-15-7-1-5-14(10-15)16-11-18(25-24-16)23-19(26)12-27-17-8-2-4-13-6-3-9-22-20(13)17/h1-11H,12H2,(H2,23,24,25,26). The summed E-state index contributed by atoms with van der Waals surface area (Å²) in [6.07, 6.45) is 1.67. The summed E-state index contributed by atoms with van der Waals surface area (Å²) in [5.74, 6) is 0.162. The molecule has 2 heterocycles. The number of carbonyl (C=O) groups is 1. The van der Waals surface area contributed by atoms with Gasteiger partial charge in [-0.05, 0) is 24.3 Å². The lowest BCUT2D eigenvalue weighted by Crippen LogP contribution is -2.20. The van der Waals surface area contributed by atoms with Gasteiger partial charge in [-0.15, -0.1) is 0 Å². The highest BCUT2D eigenvalue weighted by atomic mass is 19.1. The summed E-state index contributed by atoms with van der Waals surface area (Å²) in [6, 6.07) is 17.0. The van der Waals surface area contributed by atoms with Gasteiger partial charge in [0.2, 0.25) is 0 Å². The molecule has 0 bridgehead atoms. The molecule has 4 aromatic rings. The molecule has 0 saturated heterocycles. The highest BCUT2D eigenvalue weighted by Gasteiger charge is 2.10. The van der Waals surface area contributed by atoms with Crippen molar-refractivity contribution in [2.45, 2.75) is 0 Å². The first-order valence-electron chi connectivity index (χ1n) is 8.27. The predicted octanol–water partition coefficient (Wildman–Crippen LogP) is 3.78. The number of para-hydroxylation sites is 1.